The van der Waals surface area contributed by atoms with E-state index in [0.717, 1.165) is 18.2 Å². The van der Waals surface area contributed by atoms with Crippen LogP contribution in [0.25, 0.3) is 11.0 Å². The van der Waals surface area contributed by atoms with Gasteiger partial charge in [0.1, 0.15) is 30.6 Å². The number of phenolic OH excluding ortho intramolecular Hbond substituents is 1. The van der Waals surface area contributed by atoms with Gasteiger partial charge in [-0.3, -0.25) is 0 Å². The maximum Gasteiger partial charge on any atom is 0.418 e. The normalized spacial score (nSPS) is 21.2. The number of hydrogen-bond acceptors (Lipinski definition) is 5. The molecule has 1 heterocycles. The zero-order chi connectivity index (χ0) is 26.9. The van der Waals surface area contributed by atoms with E-state index in [1.165, 1.54) is 6.07 Å². The van der Waals surface area contributed by atoms with E-state index in [-0.39, 0.29) is 30.5 Å². The van der Waals surface area contributed by atoms with Gasteiger partial charge in [-0.05, 0) is 37.9 Å². The lowest BCUT2D eigenvalue weighted by Crippen LogP contribution is -2.43. The van der Waals surface area contributed by atoms with Crippen LogP contribution in [0.15, 0.2) is 12.1 Å². The molecule has 1 N–H and O–H groups in total. The molecule has 0 radical (unpaired) electrons. The molecule has 36 heavy (non-hydrogen) atoms. The summed E-state index contributed by atoms with van der Waals surface area (Å²) in [5, 5.41) is 10.1. The molecule has 2 aromatic rings. The molecule has 1 aliphatic rings. The number of benzene rings is 1. The Bertz CT molecular complexity index is 1040. The molecule has 1 aromatic carbocycles. The summed E-state index contributed by atoms with van der Waals surface area (Å²) in [7, 11) is -2.49. The smallest absolute Gasteiger partial charge is 0.418 e. The van der Waals surface area contributed by atoms with Gasteiger partial charge in [0.2, 0.25) is 0 Å². The highest BCUT2D eigenvalue weighted by molar-refractivity contribution is 6.76. The first-order chi connectivity index (χ1) is 16.5. The van der Waals surface area contributed by atoms with Crippen LogP contribution in [-0.2, 0) is 27.1 Å². The summed E-state index contributed by atoms with van der Waals surface area (Å²) in [6.07, 6.45) is -3.39. The number of halogens is 3. The van der Waals surface area contributed by atoms with Crippen LogP contribution in [-0.4, -0.2) is 56.4 Å². The summed E-state index contributed by atoms with van der Waals surface area (Å²) < 4.78 is 60.5. The van der Waals surface area contributed by atoms with Crippen molar-refractivity contribution in [3.63, 3.8) is 0 Å². The van der Waals surface area contributed by atoms with E-state index >= 15 is 0 Å². The molecule has 6 nitrogen and oxygen atoms in total. The molecule has 0 bridgehead atoms. The standard InChI is InChI=1S/C25H41F3N2O4Si2/c1-24(34-17-33-9-11-36(5,6)7)14-18(15-24)23-29-22-20(25(26,27)28)12-19(31)13-21(22)30(23)16-32-8-10-35(2,3)4/h12-13,18,31H,8-11,14-17H2,1-7H3. The lowest BCUT2D eigenvalue weighted by molar-refractivity contribution is -0.171. The number of phenols is 1. The third-order valence-corrected chi connectivity index (χ3v) is 10.0. The Morgan fingerprint density at radius 3 is 2.17 bits per heavy atom. The van der Waals surface area contributed by atoms with E-state index in [2.05, 4.69) is 44.3 Å². The van der Waals surface area contributed by atoms with E-state index < -0.39 is 39.2 Å². The number of ether oxygens (including phenoxy) is 3. The third-order valence-electron chi connectivity index (χ3n) is 6.60. The van der Waals surface area contributed by atoms with Crippen molar-refractivity contribution in [2.24, 2.45) is 0 Å². The van der Waals surface area contributed by atoms with Crippen molar-refractivity contribution in [3.8, 4) is 5.75 Å². The molecule has 0 saturated heterocycles. The average Bonchev–Trinajstić information content (AvgIpc) is 3.03. The number of rotatable bonds is 12. The Balaban J connectivity index is 1.77. The molecular formula is C25H41F3N2O4Si2. The van der Waals surface area contributed by atoms with Crippen LogP contribution < -0.4 is 0 Å². The summed E-state index contributed by atoms with van der Waals surface area (Å²) >= 11 is 0. The second kappa shape index (κ2) is 10.8. The van der Waals surface area contributed by atoms with Gasteiger partial charge in [-0.15, -0.1) is 0 Å². The Hall–Kier alpha value is -1.41. The third kappa shape index (κ3) is 7.80. The van der Waals surface area contributed by atoms with Crippen molar-refractivity contribution in [2.45, 2.75) is 95.6 Å². The van der Waals surface area contributed by atoms with E-state index in [0.29, 0.717) is 31.9 Å². The highest BCUT2D eigenvalue weighted by Gasteiger charge is 2.45. The number of aromatic hydroxyl groups is 1. The van der Waals surface area contributed by atoms with Crippen LogP contribution >= 0.6 is 0 Å². The number of aromatic nitrogens is 2. The first-order valence-corrected chi connectivity index (χ1v) is 20.0. The summed E-state index contributed by atoms with van der Waals surface area (Å²) in [5.41, 5.74) is -1.28. The van der Waals surface area contributed by atoms with Crippen molar-refractivity contribution in [1.82, 2.24) is 9.55 Å². The molecule has 3 rings (SSSR count). The van der Waals surface area contributed by atoms with Gasteiger partial charge in [0.05, 0.1) is 16.7 Å². The van der Waals surface area contributed by atoms with Crippen LogP contribution in [0.1, 0.15) is 37.1 Å². The maximum absolute atomic E-state index is 13.8. The van der Waals surface area contributed by atoms with Gasteiger partial charge in [-0.1, -0.05) is 39.3 Å². The molecule has 1 aliphatic carbocycles. The monoisotopic (exact) mass is 546 g/mol. The Morgan fingerprint density at radius 1 is 1.03 bits per heavy atom. The summed E-state index contributed by atoms with van der Waals surface area (Å²) in [4.78, 5) is 4.45. The first-order valence-electron chi connectivity index (χ1n) is 12.6. The van der Waals surface area contributed by atoms with Crippen LogP contribution in [0.5, 0.6) is 5.75 Å². The maximum atomic E-state index is 13.8. The number of alkyl halides is 3. The van der Waals surface area contributed by atoms with Crippen LogP contribution in [0.2, 0.25) is 51.4 Å². The lowest BCUT2D eigenvalue weighted by atomic mass is 9.71. The van der Waals surface area contributed by atoms with Gasteiger partial charge in [0.25, 0.3) is 0 Å². The molecule has 1 saturated carbocycles. The minimum Gasteiger partial charge on any atom is -0.508 e. The quantitative estimate of drug-likeness (QED) is 0.176. The minimum atomic E-state index is -4.63. The molecule has 11 heteroatoms. The van der Waals surface area contributed by atoms with E-state index in [9.17, 15) is 18.3 Å². The van der Waals surface area contributed by atoms with Gasteiger partial charge < -0.3 is 23.9 Å². The fourth-order valence-electron chi connectivity index (χ4n) is 4.33. The molecule has 1 fully saturated rings. The predicted molar refractivity (Wildman–Crippen MR) is 141 cm³/mol. The van der Waals surface area contributed by atoms with Crippen LogP contribution in [0.4, 0.5) is 13.2 Å². The predicted octanol–water partition coefficient (Wildman–Crippen LogP) is 7.04. The van der Waals surface area contributed by atoms with Crippen molar-refractivity contribution >= 4 is 27.2 Å². The van der Waals surface area contributed by atoms with Crippen LogP contribution in [0.3, 0.4) is 0 Å². The zero-order valence-corrected chi connectivity index (χ0v) is 24.6. The second-order valence-electron chi connectivity index (χ2n) is 12.6. The molecular weight excluding hydrogens is 505 g/mol. The first kappa shape index (κ1) is 29.2. The molecule has 1 aromatic heterocycles. The van der Waals surface area contributed by atoms with Crippen molar-refractivity contribution in [3.05, 3.63) is 23.5 Å². The SMILES string of the molecule is CC1(OCOCC[Si](C)(C)C)CC(c2nc3c(C(F)(F)F)cc(O)cc3n2COCC[Si](C)(C)C)C1. The number of imidazole rings is 1. The second-order valence-corrected chi connectivity index (χ2v) is 23.9. The zero-order valence-electron chi connectivity index (χ0n) is 22.6. The molecule has 0 spiro atoms. The molecule has 204 valence electrons. The lowest BCUT2D eigenvalue weighted by Gasteiger charge is -2.44. The fraction of sp³-hybridized carbons (Fsp3) is 0.720. The summed E-state index contributed by atoms with van der Waals surface area (Å²) in [6, 6.07) is 4.08. The van der Waals surface area contributed by atoms with Crippen molar-refractivity contribution in [1.29, 1.82) is 0 Å². The van der Waals surface area contributed by atoms with Gasteiger partial charge in [0, 0.05) is 41.3 Å². The van der Waals surface area contributed by atoms with Gasteiger partial charge in [-0.2, -0.15) is 13.2 Å². The van der Waals surface area contributed by atoms with Crippen LogP contribution in [0, 0.1) is 0 Å². The van der Waals surface area contributed by atoms with Gasteiger partial charge in [-0.25, -0.2) is 4.98 Å². The number of fused-ring (bicyclic) bond motifs is 1. The Morgan fingerprint density at radius 2 is 1.61 bits per heavy atom. The van der Waals surface area contributed by atoms with Gasteiger partial charge in [0.15, 0.2) is 0 Å². The van der Waals surface area contributed by atoms with E-state index in [4.69, 9.17) is 14.2 Å². The summed E-state index contributed by atoms with van der Waals surface area (Å²) in [6.45, 7) is 17.1. The molecule has 0 unspecified atom stereocenters. The number of hydrogen-bond donors (Lipinski definition) is 1. The van der Waals surface area contributed by atoms with E-state index in [1.54, 1.807) is 4.57 Å². The Labute approximate surface area is 214 Å². The summed E-state index contributed by atoms with van der Waals surface area (Å²) in [5.74, 6) is 0.0184. The molecule has 0 amide bonds. The Kier molecular flexibility index (Phi) is 8.71. The highest BCUT2D eigenvalue weighted by atomic mass is 28.3. The number of nitrogens with zero attached hydrogens (tertiary/aromatic N) is 2. The largest absolute Gasteiger partial charge is 0.508 e. The highest BCUT2D eigenvalue weighted by Crippen LogP contribution is 2.48. The van der Waals surface area contributed by atoms with E-state index in [1.807, 2.05) is 6.92 Å². The van der Waals surface area contributed by atoms with Crippen molar-refractivity contribution in [2.75, 3.05) is 20.0 Å². The molecule has 0 atom stereocenters. The average molecular weight is 547 g/mol. The fourth-order valence-corrected chi connectivity index (χ4v) is 5.84. The van der Waals surface area contributed by atoms with Crippen molar-refractivity contribution < 1.29 is 32.5 Å². The van der Waals surface area contributed by atoms with Gasteiger partial charge >= 0.3 is 6.18 Å². The topological polar surface area (TPSA) is 65.7 Å². The molecule has 0 aliphatic heterocycles. The minimum absolute atomic E-state index is 0.0757.